The quantitative estimate of drug-likeness (QED) is 0.282. The molecule has 1 N–H and O–H groups in total. The van der Waals surface area contributed by atoms with Gasteiger partial charge in [-0.15, -0.1) is 24.0 Å². The van der Waals surface area contributed by atoms with E-state index >= 15 is 0 Å². The second-order valence-corrected chi connectivity index (χ2v) is 7.72. The molecule has 7 heteroatoms. The second-order valence-electron chi connectivity index (χ2n) is 7.72. The van der Waals surface area contributed by atoms with Crippen LogP contribution in [-0.4, -0.2) is 73.8 Å². The molecule has 0 saturated carbocycles. The molecule has 1 aromatic rings. The lowest BCUT2D eigenvalue weighted by Gasteiger charge is -2.26. The highest BCUT2D eigenvalue weighted by atomic mass is 127. The number of hydrogen-bond donors (Lipinski definition) is 1. The summed E-state index contributed by atoms with van der Waals surface area (Å²) in [7, 11) is 0. The smallest absolute Gasteiger partial charge is 0.194 e. The average molecular weight is 500 g/mol. The van der Waals surface area contributed by atoms with E-state index in [9.17, 15) is 0 Å². The highest BCUT2D eigenvalue weighted by Gasteiger charge is 2.29. The Kier molecular flexibility index (Phi) is 8.66. The van der Waals surface area contributed by atoms with Crippen LogP contribution >= 0.6 is 24.0 Å². The summed E-state index contributed by atoms with van der Waals surface area (Å²) in [5.41, 5.74) is 0. The van der Waals surface area contributed by atoms with Crippen LogP contribution in [0.1, 0.15) is 31.4 Å². The van der Waals surface area contributed by atoms with Gasteiger partial charge in [-0.05, 0) is 37.8 Å². The average Bonchev–Trinajstić information content (AvgIpc) is 3.47. The van der Waals surface area contributed by atoms with E-state index in [1.807, 2.05) is 12.1 Å². The molecule has 1 aromatic heterocycles. The van der Waals surface area contributed by atoms with Gasteiger partial charge in [-0.1, -0.05) is 12.2 Å². The largest absolute Gasteiger partial charge is 0.469 e. The molecule has 4 rings (SSSR count). The van der Waals surface area contributed by atoms with E-state index in [1.165, 1.54) is 19.3 Å². The van der Waals surface area contributed by atoms with Gasteiger partial charge in [0.25, 0.3) is 0 Å². The maximum atomic E-state index is 5.87. The normalized spacial score (nSPS) is 25.9. The molecular formula is C21H33IN4O2. The molecule has 0 amide bonds. The van der Waals surface area contributed by atoms with Gasteiger partial charge in [0.15, 0.2) is 5.96 Å². The van der Waals surface area contributed by atoms with E-state index in [0.29, 0.717) is 6.04 Å². The van der Waals surface area contributed by atoms with Crippen molar-refractivity contribution in [3.63, 3.8) is 0 Å². The first-order valence-corrected chi connectivity index (χ1v) is 10.4. The van der Waals surface area contributed by atoms with Crippen molar-refractivity contribution in [3.8, 4) is 0 Å². The van der Waals surface area contributed by atoms with Crippen molar-refractivity contribution in [2.45, 2.75) is 44.2 Å². The zero-order valence-electron chi connectivity index (χ0n) is 16.6. The van der Waals surface area contributed by atoms with E-state index in [0.717, 1.165) is 70.4 Å². The Morgan fingerprint density at radius 3 is 2.86 bits per heavy atom. The van der Waals surface area contributed by atoms with E-state index in [-0.39, 0.29) is 30.1 Å². The maximum absolute atomic E-state index is 5.87. The zero-order chi connectivity index (χ0) is 18.3. The predicted octanol–water partition coefficient (Wildman–Crippen LogP) is 2.90. The van der Waals surface area contributed by atoms with Gasteiger partial charge in [-0.25, -0.2) is 0 Å². The minimum absolute atomic E-state index is 0. The molecule has 0 aromatic carbocycles. The van der Waals surface area contributed by atoms with Crippen LogP contribution in [0.25, 0.3) is 0 Å². The number of aliphatic imine (C=N–C) groups is 1. The third-order valence-corrected chi connectivity index (χ3v) is 5.78. The van der Waals surface area contributed by atoms with Crippen LogP contribution in [0.2, 0.25) is 0 Å². The summed E-state index contributed by atoms with van der Waals surface area (Å²) in [6, 6.07) is 4.60. The highest BCUT2D eigenvalue weighted by Crippen LogP contribution is 2.18. The van der Waals surface area contributed by atoms with E-state index in [2.05, 4.69) is 27.3 Å². The van der Waals surface area contributed by atoms with Crippen molar-refractivity contribution in [3.05, 3.63) is 36.3 Å². The standard InChI is InChI=1S/C21H32N4O2.HI/c1-4-14-27-20(6-1)16-23-21(22-10-8-19-7-5-15-26-19)25-13-9-18(17-25)24-11-2-3-12-24;/h2-3,5,7,15,18,20H,1,4,6,8-14,16-17H2,(H,22,23);1H. The van der Waals surface area contributed by atoms with Crippen molar-refractivity contribution in [2.24, 2.45) is 4.99 Å². The number of halogens is 1. The van der Waals surface area contributed by atoms with Crippen molar-refractivity contribution in [1.29, 1.82) is 0 Å². The Balaban J connectivity index is 0.00000225. The Morgan fingerprint density at radius 2 is 2.11 bits per heavy atom. The third kappa shape index (κ3) is 5.97. The highest BCUT2D eigenvalue weighted by molar-refractivity contribution is 14.0. The van der Waals surface area contributed by atoms with E-state index < -0.39 is 0 Å². The van der Waals surface area contributed by atoms with Crippen molar-refractivity contribution >= 4 is 29.9 Å². The van der Waals surface area contributed by atoms with Gasteiger partial charge in [0.1, 0.15) is 5.76 Å². The van der Waals surface area contributed by atoms with Crippen LogP contribution in [0, 0.1) is 0 Å². The van der Waals surface area contributed by atoms with Gasteiger partial charge < -0.3 is 19.4 Å². The fourth-order valence-electron chi connectivity index (χ4n) is 4.18. The van der Waals surface area contributed by atoms with Gasteiger partial charge in [0.2, 0.25) is 0 Å². The lowest BCUT2D eigenvalue weighted by atomic mass is 10.1. The fourth-order valence-corrected chi connectivity index (χ4v) is 4.18. The molecule has 4 heterocycles. The number of likely N-dealkylation sites (tertiary alicyclic amines) is 1. The summed E-state index contributed by atoms with van der Waals surface area (Å²) in [4.78, 5) is 9.94. The summed E-state index contributed by atoms with van der Waals surface area (Å²) in [5.74, 6) is 2.05. The van der Waals surface area contributed by atoms with Crippen LogP contribution in [0.15, 0.2) is 40.0 Å². The lowest BCUT2D eigenvalue weighted by molar-refractivity contribution is 0.0223. The molecule has 0 aliphatic carbocycles. The van der Waals surface area contributed by atoms with Crippen LogP contribution in [0.3, 0.4) is 0 Å². The summed E-state index contributed by atoms with van der Waals surface area (Å²) in [5, 5.41) is 3.58. The Hall–Kier alpha value is -1.06. The first kappa shape index (κ1) is 21.6. The van der Waals surface area contributed by atoms with Crippen LogP contribution in [-0.2, 0) is 11.2 Å². The number of hydrogen-bond acceptors (Lipinski definition) is 4. The van der Waals surface area contributed by atoms with Crippen LogP contribution in [0.5, 0.6) is 0 Å². The molecule has 0 spiro atoms. The van der Waals surface area contributed by atoms with Crippen LogP contribution in [0.4, 0.5) is 0 Å². The number of nitrogens with zero attached hydrogens (tertiary/aromatic N) is 3. The van der Waals surface area contributed by atoms with Gasteiger partial charge in [0, 0.05) is 51.8 Å². The maximum Gasteiger partial charge on any atom is 0.194 e. The zero-order valence-corrected chi connectivity index (χ0v) is 18.9. The number of nitrogens with one attached hydrogen (secondary N) is 1. The summed E-state index contributed by atoms with van der Waals surface area (Å²) in [6.07, 6.45) is 12.2. The van der Waals surface area contributed by atoms with Gasteiger partial charge in [0.05, 0.1) is 18.9 Å². The molecule has 3 aliphatic rings. The van der Waals surface area contributed by atoms with Crippen LogP contribution < -0.4 is 5.32 Å². The molecule has 2 unspecified atom stereocenters. The Bertz CT molecular complexity index is 620. The molecule has 6 nitrogen and oxygen atoms in total. The first-order valence-electron chi connectivity index (χ1n) is 10.4. The SMILES string of the molecule is C1=CCN(C2CCN(C(=NCC3CCCCO3)NCCc3ccco3)C2)C1.I. The summed E-state index contributed by atoms with van der Waals surface area (Å²) in [6.45, 7) is 6.79. The van der Waals surface area contributed by atoms with Crippen molar-refractivity contribution in [2.75, 3.05) is 45.9 Å². The lowest BCUT2D eigenvalue weighted by Crippen LogP contribution is -2.44. The molecule has 0 radical (unpaired) electrons. The van der Waals surface area contributed by atoms with E-state index in [4.69, 9.17) is 14.1 Å². The predicted molar refractivity (Wildman–Crippen MR) is 122 cm³/mol. The number of ether oxygens (including phenoxy) is 1. The first-order chi connectivity index (χ1) is 13.4. The van der Waals surface area contributed by atoms with Crippen molar-refractivity contribution in [1.82, 2.24) is 15.1 Å². The minimum Gasteiger partial charge on any atom is -0.469 e. The summed E-state index contributed by atoms with van der Waals surface area (Å²) >= 11 is 0. The fraction of sp³-hybridized carbons (Fsp3) is 0.667. The Morgan fingerprint density at radius 1 is 1.21 bits per heavy atom. The molecular weight excluding hydrogens is 467 g/mol. The molecule has 156 valence electrons. The molecule has 3 aliphatic heterocycles. The molecule has 2 atom stereocenters. The third-order valence-electron chi connectivity index (χ3n) is 5.78. The topological polar surface area (TPSA) is 53.2 Å². The molecule has 2 fully saturated rings. The monoisotopic (exact) mass is 500 g/mol. The molecule has 2 saturated heterocycles. The van der Waals surface area contributed by atoms with Gasteiger partial charge >= 0.3 is 0 Å². The van der Waals surface area contributed by atoms with Gasteiger partial charge in [-0.3, -0.25) is 9.89 Å². The van der Waals surface area contributed by atoms with Gasteiger partial charge in [-0.2, -0.15) is 0 Å². The minimum atomic E-state index is 0. The summed E-state index contributed by atoms with van der Waals surface area (Å²) < 4.78 is 11.3. The Labute approximate surface area is 185 Å². The number of rotatable bonds is 6. The number of guanidine groups is 1. The van der Waals surface area contributed by atoms with Crippen molar-refractivity contribution < 1.29 is 9.15 Å². The molecule has 0 bridgehead atoms. The molecule has 28 heavy (non-hydrogen) atoms. The second kappa shape index (κ2) is 11.2. The number of furan rings is 1. The van der Waals surface area contributed by atoms with E-state index in [1.54, 1.807) is 6.26 Å².